The summed E-state index contributed by atoms with van der Waals surface area (Å²) in [6.07, 6.45) is 5.08. The molecule has 0 amide bonds. The van der Waals surface area contributed by atoms with E-state index in [2.05, 4.69) is 0 Å². The lowest BCUT2D eigenvalue weighted by molar-refractivity contribution is 0.0695. The summed E-state index contributed by atoms with van der Waals surface area (Å²) < 4.78 is 17.3. The number of nitrogens with two attached hydrogens (primary N) is 1. The van der Waals surface area contributed by atoms with Crippen molar-refractivity contribution in [2.45, 2.75) is 44.7 Å². The van der Waals surface area contributed by atoms with E-state index < -0.39 is 17.2 Å². The lowest BCUT2D eigenvalue weighted by Gasteiger charge is -2.50. The van der Waals surface area contributed by atoms with Gasteiger partial charge in [0.2, 0.25) is 5.43 Å². The van der Waals surface area contributed by atoms with E-state index in [-0.39, 0.29) is 33.6 Å². The van der Waals surface area contributed by atoms with E-state index in [1.54, 1.807) is 4.57 Å². The molecule has 2 heterocycles. The molecular weight excluding hydrogens is 397 g/mol. The highest BCUT2D eigenvalue weighted by Gasteiger charge is 2.43. The van der Waals surface area contributed by atoms with Gasteiger partial charge < -0.3 is 20.3 Å². The highest BCUT2D eigenvalue weighted by molar-refractivity contribution is 6.38. The number of rotatable bonds is 3. The average molecular weight is 420 g/mol. The minimum absolute atomic E-state index is 0.0679. The van der Waals surface area contributed by atoms with Crippen LogP contribution in [0.4, 0.5) is 10.1 Å². The molecule has 3 N–H and O–H groups in total. The quantitative estimate of drug-likeness (QED) is 0.796. The summed E-state index contributed by atoms with van der Waals surface area (Å²) in [5.74, 6) is -0.939. The monoisotopic (exact) mass is 419 g/mol. The SMILES string of the molecule is Cc1c(F)c(N2CCC3CC(N)C3C2)c(Cl)c2c1c(=O)c(C(=O)O)cn2C1CC1. The molecule has 1 aromatic heterocycles. The number of halogens is 2. The summed E-state index contributed by atoms with van der Waals surface area (Å²) in [6, 6.07) is 0.214. The number of benzene rings is 1. The smallest absolute Gasteiger partial charge is 0.341 e. The third-order valence-electron chi connectivity index (χ3n) is 6.98. The molecule has 3 aliphatic rings. The van der Waals surface area contributed by atoms with Gasteiger partial charge in [0.25, 0.3) is 0 Å². The number of aromatic nitrogens is 1. The predicted octanol–water partition coefficient (Wildman–Crippen LogP) is 3.31. The standard InChI is InChI=1S/C21H23ClFN3O3/c1-9-15-18(26(11-2-3-11)8-13(20(15)27)21(28)29)16(22)19(17(9)23)25-5-4-10-6-14(24)12(10)7-25/h8,10-12,14H,2-7,24H2,1H3,(H,28,29). The lowest BCUT2D eigenvalue weighted by Crippen LogP contribution is -2.57. The molecule has 2 aliphatic carbocycles. The Morgan fingerprint density at radius 2 is 2.07 bits per heavy atom. The molecule has 6 nitrogen and oxygen atoms in total. The maximum atomic E-state index is 15.5. The Labute approximate surface area is 172 Å². The van der Waals surface area contributed by atoms with Gasteiger partial charge in [0.05, 0.1) is 21.6 Å². The lowest BCUT2D eigenvalue weighted by atomic mass is 9.66. The summed E-state index contributed by atoms with van der Waals surface area (Å²) in [6.45, 7) is 2.87. The Kier molecular flexibility index (Phi) is 4.19. The number of hydrogen-bond acceptors (Lipinski definition) is 4. The first-order chi connectivity index (χ1) is 13.8. The van der Waals surface area contributed by atoms with Gasteiger partial charge in [-0.05, 0) is 44.4 Å². The van der Waals surface area contributed by atoms with Crippen LogP contribution in [-0.4, -0.2) is 34.8 Å². The zero-order valence-electron chi connectivity index (χ0n) is 16.1. The fourth-order valence-electron chi connectivity index (χ4n) is 5.11. The van der Waals surface area contributed by atoms with Crippen LogP contribution >= 0.6 is 11.6 Å². The number of pyridine rings is 1. The van der Waals surface area contributed by atoms with E-state index in [1.165, 1.54) is 13.1 Å². The Morgan fingerprint density at radius 1 is 1.34 bits per heavy atom. The number of carboxylic acid groups (broad SMARTS) is 1. The number of fused-ring (bicyclic) bond motifs is 2. The molecule has 2 saturated carbocycles. The largest absolute Gasteiger partial charge is 0.477 e. The molecule has 3 atom stereocenters. The molecule has 5 rings (SSSR count). The second-order valence-corrected chi connectivity index (χ2v) is 9.08. The molecule has 1 saturated heterocycles. The second kappa shape index (κ2) is 6.44. The maximum Gasteiger partial charge on any atom is 0.341 e. The molecule has 8 heteroatoms. The molecule has 0 bridgehead atoms. The average Bonchev–Trinajstić information content (AvgIpc) is 3.51. The molecule has 2 aromatic rings. The third kappa shape index (κ3) is 2.70. The topological polar surface area (TPSA) is 88.6 Å². The molecule has 3 unspecified atom stereocenters. The summed E-state index contributed by atoms with van der Waals surface area (Å²) in [5, 5.41) is 9.72. The van der Waals surface area contributed by atoms with Crippen LogP contribution in [0, 0.1) is 24.6 Å². The Bertz CT molecular complexity index is 1110. The van der Waals surface area contributed by atoms with Crippen LogP contribution in [0.1, 0.15) is 47.6 Å². The van der Waals surface area contributed by atoms with Crippen molar-refractivity contribution < 1.29 is 14.3 Å². The number of nitrogens with zero attached hydrogens (tertiary/aromatic N) is 2. The Morgan fingerprint density at radius 3 is 2.69 bits per heavy atom. The second-order valence-electron chi connectivity index (χ2n) is 8.70. The zero-order valence-corrected chi connectivity index (χ0v) is 16.9. The third-order valence-corrected chi connectivity index (χ3v) is 7.34. The van der Waals surface area contributed by atoms with Crippen LogP contribution in [0.2, 0.25) is 5.02 Å². The molecule has 0 spiro atoms. The normalized spacial score (nSPS) is 26.3. The van der Waals surface area contributed by atoms with E-state index in [4.69, 9.17) is 17.3 Å². The van der Waals surface area contributed by atoms with Crippen LogP contribution in [0.15, 0.2) is 11.0 Å². The van der Waals surface area contributed by atoms with Crippen LogP contribution in [-0.2, 0) is 0 Å². The van der Waals surface area contributed by atoms with Gasteiger partial charge >= 0.3 is 5.97 Å². The van der Waals surface area contributed by atoms with Crippen molar-refractivity contribution in [2.75, 3.05) is 18.0 Å². The highest BCUT2D eigenvalue weighted by Crippen LogP contribution is 2.46. The fourth-order valence-corrected chi connectivity index (χ4v) is 5.51. The van der Waals surface area contributed by atoms with Crippen molar-refractivity contribution in [2.24, 2.45) is 17.6 Å². The molecular formula is C21H23ClFN3O3. The van der Waals surface area contributed by atoms with E-state index >= 15 is 4.39 Å². The summed E-state index contributed by atoms with van der Waals surface area (Å²) >= 11 is 6.75. The van der Waals surface area contributed by atoms with Gasteiger partial charge in [-0.3, -0.25) is 4.79 Å². The van der Waals surface area contributed by atoms with Crippen LogP contribution in [0.3, 0.4) is 0 Å². The van der Waals surface area contributed by atoms with Gasteiger partial charge in [0, 0.05) is 36.9 Å². The minimum Gasteiger partial charge on any atom is -0.477 e. The molecule has 0 radical (unpaired) electrons. The van der Waals surface area contributed by atoms with Gasteiger partial charge in [-0.15, -0.1) is 0 Å². The summed E-state index contributed by atoms with van der Waals surface area (Å²) in [4.78, 5) is 26.4. The Balaban J connectivity index is 1.75. The van der Waals surface area contributed by atoms with Gasteiger partial charge in [0.15, 0.2) is 5.82 Å². The van der Waals surface area contributed by atoms with Crippen molar-refractivity contribution >= 4 is 34.2 Å². The van der Waals surface area contributed by atoms with Crippen LogP contribution in [0.5, 0.6) is 0 Å². The summed E-state index contributed by atoms with van der Waals surface area (Å²) in [5.41, 5.74) is 6.02. The number of hydrogen-bond donors (Lipinski definition) is 2. The van der Waals surface area contributed by atoms with Crippen LogP contribution < -0.4 is 16.1 Å². The predicted molar refractivity (Wildman–Crippen MR) is 110 cm³/mol. The zero-order chi connectivity index (χ0) is 20.6. The van der Waals surface area contributed by atoms with Gasteiger partial charge in [-0.25, -0.2) is 9.18 Å². The van der Waals surface area contributed by atoms with Gasteiger partial charge in [0.1, 0.15) is 5.56 Å². The van der Waals surface area contributed by atoms with Crippen molar-refractivity contribution in [1.29, 1.82) is 0 Å². The number of aromatic carboxylic acids is 1. The first-order valence-electron chi connectivity index (χ1n) is 10.1. The summed E-state index contributed by atoms with van der Waals surface area (Å²) in [7, 11) is 0. The molecule has 3 fully saturated rings. The first kappa shape index (κ1) is 18.9. The van der Waals surface area contributed by atoms with E-state index in [0.717, 1.165) is 25.7 Å². The van der Waals surface area contributed by atoms with E-state index in [9.17, 15) is 14.7 Å². The number of piperidine rings is 1. The van der Waals surface area contributed by atoms with Crippen molar-refractivity contribution in [3.8, 4) is 0 Å². The first-order valence-corrected chi connectivity index (χ1v) is 10.5. The van der Waals surface area contributed by atoms with Gasteiger partial charge in [-0.1, -0.05) is 11.6 Å². The molecule has 29 heavy (non-hydrogen) atoms. The molecule has 1 aliphatic heterocycles. The van der Waals surface area contributed by atoms with E-state index in [1.807, 2.05) is 4.90 Å². The molecule has 154 valence electrons. The fraction of sp³-hybridized carbons (Fsp3) is 0.524. The maximum absolute atomic E-state index is 15.5. The number of aryl methyl sites for hydroxylation is 1. The Hall–Kier alpha value is -2.12. The highest BCUT2D eigenvalue weighted by atomic mass is 35.5. The van der Waals surface area contributed by atoms with E-state index in [0.29, 0.717) is 36.1 Å². The minimum atomic E-state index is -1.31. The molecule has 1 aromatic carbocycles. The van der Waals surface area contributed by atoms with Crippen molar-refractivity contribution in [3.63, 3.8) is 0 Å². The number of carboxylic acids is 1. The van der Waals surface area contributed by atoms with Crippen LogP contribution in [0.25, 0.3) is 10.9 Å². The van der Waals surface area contributed by atoms with Gasteiger partial charge in [-0.2, -0.15) is 0 Å². The number of carbonyl (C=O) groups is 1. The van der Waals surface area contributed by atoms with Crippen molar-refractivity contribution in [3.05, 3.63) is 38.4 Å². The van der Waals surface area contributed by atoms with Crippen molar-refractivity contribution in [1.82, 2.24) is 4.57 Å². The number of anilines is 1.